The zero-order valence-electron chi connectivity index (χ0n) is 18.6. The zero-order chi connectivity index (χ0) is 24.5. The molecule has 0 radical (unpaired) electrons. The van der Waals surface area contributed by atoms with E-state index in [0.29, 0.717) is 36.9 Å². The summed E-state index contributed by atoms with van der Waals surface area (Å²) in [5.41, 5.74) is 0.969. The summed E-state index contributed by atoms with van der Waals surface area (Å²) in [7, 11) is 0. The van der Waals surface area contributed by atoms with Gasteiger partial charge in [-0.3, -0.25) is 9.59 Å². The van der Waals surface area contributed by atoms with E-state index < -0.39 is 11.9 Å². The fourth-order valence-corrected chi connectivity index (χ4v) is 2.99. The van der Waals surface area contributed by atoms with Crippen molar-refractivity contribution >= 4 is 24.5 Å². The molecule has 0 saturated carbocycles. The average Bonchev–Trinajstić information content (AvgIpc) is 2.86. The van der Waals surface area contributed by atoms with Crippen LogP contribution in [0.2, 0.25) is 0 Å². The Labute approximate surface area is 196 Å². The van der Waals surface area contributed by atoms with Gasteiger partial charge in [0.1, 0.15) is 12.6 Å². The van der Waals surface area contributed by atoms with E-state index >= 15 is 0 Å². The molecule has 34 heavy (non-hydrogen) atoms. The molecule has 0 N–H and O–H groups in total. The summed E-state index contributed by atoms with van der Waals surface area (Å²) < 4.78 is 21.8. The second kappa shape index (κ2) is 11.4. The summed E-state index contributed by atoms with van der Waals surface area (Å²) in [6.07, 6.45) is 1.32. The molecule has 0 aliphatic rings. The number of hydrogen-bond donors (Lipinski definition) is 0. The molecule has 174 valence electrons. The molecule has 0 heterocycles. The lowest BCUT2D eigenvalue weighted by atomic mass is 10.1. The minimum absolute atomic E-state index is 0.109. The molecule has 0 saturated heterocycles. The van der Waals surface area contributed by atoms with Crippen molar-refractivity contribution < 1.29 is 38.1 Å². The predicted octanol–water partition coefficient (Wildman–Crippen LogP) is 4.55. The number of aldehydes is 2. The molecule has 3 aromatic rings. The molecule has 3 aromatic carbocycles. The zero-order valence-corrected chi connectivity index (χ0v) is 18.6. The van der Waals surface area contributed by atoms with Crippen LogP contribution in [0.3, 0.4) is 0 Å². The number of benzene rings is 3. The summed E-state index contributed by atoms with van der Waals surface area (Å²) in [6, 6.07) is 14.7. The Balaban J connectivity index is 1.80. The highest BCUT2D eigenvalue weighted by Gasteiger charge is 2.18. The van der Waals surface area contributed by atoms with E-state index in [1.165, 1.54) is 60.7 Å². The third-order valence-electron chi connectivity index (χ3n) is 4.55. The van der Waals surface area contributed by atoms with Gasteiger partial charge in [0.2, 0.25) is 0 Å². The van der Waals surface area contributed by atoms with Crippen LogP contribution in [0.5, 0.6) is 23.0 Å². The molecule has 0 bridgehead atoms. The fraction of sp³-hybridized carbons (Fsp3) is 0.154. The number of esters is 2. The lowest BCUT2D eigenvalue weighted by Gasteiger charge is -2.12. The maximum absolute atomic E-state index is 12.7. The number of ether oxygens (including phenoxy) is 4. The average molecular weight is 462 g/mol. The lowest BCUT2D eigenvalue weighted by molar-refractivity contribution is 0.0727. The van der Waals surface area contributed by atoms with Crippen molar-refractivity contribution in [3.8, 4) is 23.0 Å². The Kier molecular flexibility index (Phi) is 8.12. The molecule has 8 nitrogen and oxygen atoms in total. The third-order valence-corrected chi connectivity index (χ3v) is 4.55. The standard InChI is InChI=1S/C26H22O8/c1-3-31-23-12-17(15-27)8-10-21(23)33-25(29)19-6-5-7-20(14-19)26(30)34-22-11-9-18(16-28)13-24(22)32-4-2/h5-16H,3-4H2,1-2H3. The second-order valence-electron chi connectivity index (χ2n) is 6.87. The van der Waals surface area contributed by atoms with Crippen LogP contribution < -0.4 is 18.9 Å². The third kappa shape index (κ3) is 5.86. The van der Waals surface area contributed by atoms with Crippen molar-refractivity contribution in [1.82, 2.24) is 0 Å². The van der Waals surface area contributed by atoms with E-state index in [9.17, 15) is 19.2 Å². The van der Waals surface area contributed by atoms with Gasteiger partial charge in [0.25, 0.3) is 0 Å². The summed E-state index contributed by atoms with van der Waals surface area (Å²) in [5, 5.41) is 0. The normalized spacial score (nSPS) is 10.2. The molecule has 3 rings (SSSR count). The maximum atomic E-state index is 12.7. The summed E-state index contributed by atoms with van der Waals surface area (Å²) in [5.74, 6) is -0.667. The number of rotatable bonds is 10. The highest BCUT2D eigenvalue weighted by atomic mass is 16.6. The van der Waals surface area contributed by atoms with Gasteiger partial charge >= 0.3 is 11.9 Å². The van der Waals surface area contributed by atoms with Gasteiger partial charge in [-0.25, -0.2) is 9.59 Å². The molecule has 8 heteroatoms. The van der Waals surface area contributed by atoms with Crippen LogP contribution in [-0.4, -0.2) is 37.7 Å². The van der Waals surface area contributed by atoms with Crippen LogP contribution in [0.15, 0.2) is 60.7 Å². The van der Waals surface area contributed by atoms with Crippen molar-refractivity contribution in [3.63, 3.8) is 0 Å². The first-order chi connectivity index (χ1) is 16.5. The van der Waals surface area contributed by atoms with Crippen LogP contribution in [0.4, 0.5) is 0 Å². The minimum atomic E-state index is -0.722. The van der Waals surface area contributed by atoms with Crippen molar-refractivity contribution in [2.45, 2.75) is 13.8 Å². The van der Waals surface area contributed by atoms with Crippen molar-refractivity contribution in [1.29, 1.82) is 0 Å². The van der Waals surface area contributed by atoms with Crippen LogP contribution in [-0.2, 0) is 0 Å². The maximum Gasteiger partial charge on any atom is 0.343 e. The van der Waals surface area contributed by atoms with Crippen LogP contribution in [0.25, 0.3) is 0 Å². The van der Waals surface area contributed by atoms with Crippen molar-refractivity contribution in [2.75, 3.05) is 13.2 Å². The molecule has 0 aromatic heterocycles. The Hall–Kier alpha value is -4.46. The van der Waals surface area contributed by atoms with Gasteiger partial charge in [0, 0.05) is 11.1 Å². The van der Waals surface area contributed by atoms with Gasteiger partial charge in [-0.1, -0.05) is 6.07 Å². The van der Waals surface area contributed by atoms with Gasteiger partial charge < -0.3 is 18.9 Å². The van der Waals surface area contributed by atoms with Crippen LogP contribution in [0, 0.1) is 0 Å². The fourth-order valence-electron chi connectivity index (χ4n) is 2.99. The Bertz CT molecular complexity index is 1120. The van der Waals surface area contributed by atoms with Gasteiger partial charge in [-0.15, -0.1) is 0 Å². The summed E-state index contributed by atoms with van der Waals surface area (Å²) >= 11 is 0. The molecule has 0 aliphatic carbocycles. The molecule has 0 amide bonds. The van der Waals surface area contributed by atoms with Crippen LogP contribution in [0.1, 0.15) is 55.3 Å². The number of hydrogen-bond acceptors (Lipinski definition) is 8. The molecule has 0 aliphatic heterocycles. The van der Waals surface area contributed by atoms with Gasteiger partial charge in [0.05, 0.1) is 24.3 Å². The summed E-state index contributed by atoms with van der Waals surface area (Å²) in [6.45, 7) is 4.15. The summed E-state index contributed by atoms with van der Waals surface area (Å²) in [4.78, 5) is 47.4. The first kappa shape index (κ1) is 24.2. The number of carbonyl (C=O) groups is 4. The SMILES string of the molecule is CCOc1cc(C=O)ccc1OC(=O)c1cccc(C(=O)Oc2ccc(C=O)cc2OCC)c1. The molecular formula is C26H22O8. The van der Waals surface area contributed by atoms with E-state index in [4.69, 9.17) is 18.9 Å². The van der Waals surface area contributed by atoms with Crippen molar-refractivity contribution in [2.24, 2.45) is 0 Å². The highest BCUT2D eigenvalue weighted by molar-refractivity contribution is 5.97. The van der Waals surface area contributed by atoms with E-state index in [2.05, 4.69) is 0 Å². The van der Waals surface area contributed by atoms with E-state index in [0.717, 1.165) is 0 Å². The Morgan fingerprint density at radius 3 is 1.47 bits per heavy atom. The number of carbonyl (C=O) groups excluding carboxylic acids is 4. The Morgan fingerprint density at radius 1 is 0.647 bits per heavy atom. The quantitative estimate of drug-likeness (QED) is 0.246. The van der Waals surface area contributed by atoms with E-state index in [-0.39, 0.29) is 34.1 Å². The van der Waals surface area contributed by atoms with Crippen LogP contribution >= 0.6 is 0 Å². The van der Waals surface area contributed by atoms with E-state index in [1.807, 2.05) is 0 Å². The molecular weight excluding hydrogens is 440 g/mol. The smallest absolute Gasteiger partial charge is 0.343 e. The predicted molar refractivity (Wildman–Crippen MR) is 122 cm³/mol. The molecule has 0 spiro atoms. The first-order valence-electron chi connectivity index (χ1n) is 10.5. The molecule has 0 atom stereocenters. The lowest BCUT2D eigenvalue weighted by Crippen LogP contribution is -2.13. The van der Waals surface area contributed by atoms with Gasteiger partial charge in [-0.05, 0) is 68.4 Å². The van der Waals surface area contributed by atoms with Gasteiger partial charge in [-0.2, -0.15) is 0 Å². The molecule has 0 unspecified atom stereocenters. The largest absolute Gasteiger partial charge is 0.490 e. The first-order valence-corrected chi connectivity index (χ1v) is 10.5. The second-order valence-corrected chi connectivity index (χ2v) is 6.87. The Morgan fingerprint density at radius 2 is 1.09 bits per heavy atom. The topological polar surface area (TPSA) is 105 Å². The monoisotopic (exact) mass is 462 g/mol. The highest BCUT2D eigenvalue weighted by Crippen LogP contribution is 2.30. The minimum Gasteiger partial charge on any atom is -0.490 e. The molecule has 0 fully saturated rings. The van der Waals surface area contributed by atoms with Gasteiger partial charge in [0.15, 0.2) is 23.0 Å². The van der Waals surface area contributed by atoms with Crippen molar-refractivity contribution in [3.05, 3.63) is 82.9 Å². The van der Waals surface area contributed by atoms with E-state index in [1.54, 1.807) is 13.8 Å².